The van der Waals surface area contributed by atoms with Crippen LogP contribution in [0.1, 0.15) is 29.4 Å². The van der Waals surface area contributed by atoms with Gasteiger partial charge >= 0.3 is 6.03 Å². The zero-order valence-electron chi connectivity index (χ0n) is 13.0. The minimum atomic E-state index is -0.0932. The molecular formula is C15H20ClN3O3S. The third-order valence-corrected chi connectivity index (χ3v) is 4.93. The highest BCUT2D eigenvalue weighted by molar-refractivity contribution is 7.18. The Kier molecular flexibility index (Phi) is 6.41. The molecule has 1 fully saturated rings. The topological polar surface area (TPSA) is 69.7 Å². The number of Topliss-reactive ketones (excluding diaryl/α,β-unsaturated/α-hetero) is 1. The maximum Gasteiger partial charge on any atom is 0.317 e. The molecule has 0 bridgehead atoms. The minimum absolute atomic E-state index is 0.0449. The van der Waals surface area contributed by atoms with Crippen LogP contribution < -0.4 is 5.32 Å². The van der Waals surface area contributed by atoms with E-state index < -0.39 is 0 Å². The van der Waals surface area contributed by atoms with E-state index >= 15 is 0 Å². The van der Waals surface area contributed by atoms with Crippen LogP contribution in [0.3, 0.4) is 0 Å². The van der Waals surface area contributed by atoms with Gasteiger partial charge in [-0.15, -0.1) is 11.3 Å². The van der Waals surface area contributed by atoms with Gasteiger partial charge in [-0.05, 0) is 19.1 Å². The summed E-state index contributed by atoms with van der Waals surface area (Å²) in [5.74, 6) is -0.104. The van der Waals surface area contributed by atoms with Crippen LogP contribution >= 0.6 is 22.9 Å². The Balaban J connectivity index is 1.75. The lowest BCUT2D eigenvalue weighted by molar-refractivity contribution is -0.132. The van der Waals surface area contributed by atoms with E-state index in [0.29, 0.717) is 41.9 Å². The van der Waals surface area contributed by atoms with Crippen LogP contribution in [0.5, 0.6) is 0 Å². The van der Waals surface area contributed by atoms with Gasteiger partial charge in [0.25, 0.3) is 0 Å². The number of carbonyl (C=O) groups is 3. The lowest BCUT2D eigenvalue weighted by Crippen LogP contribution is -2.53. The monoisotopic (exact) mass is 357 g/mol. The van der Waals surface area contributed by atoms with Gasteiger partial charge in [-0.25, -0.2) is 4.79 Å². The number of rotatable bonds is 5. The van der Waals surface area contributed by atoms with Crippen LogP contribution in [0, 0.1) is 0 Å². The molecule has 3 amide bonds. The molecule has 0 radical (unpaired) electrons. The Morgan fingerprint density at radius 3 is 2.35 bits per heavy atom. The predicted octanol–water partition coefficient (Wildman–Crippen LogP) is 2.24. The van der Waals surface area contributed by atoms with E-state index in [9.17, 15) is 14.4 Å². The molecule has 1 aliphatic rings. The summed E-state index contributed by atoms with van der Waals surface area (Å²) < 4.78 is 0.571. The number of nitrogens with zero attached hydrogens (tertiary/aromatic N) is 2. The van der Waals surface area contributed by atoms with Crippen molar-refractivity contribution in [2.24, 2.45) is 0 Å². The molecule has 1 saturated heterocycles. The van der Waals surface area contributed by atoms with Crippen molar-refractivity contribution in [3.05, 3.63) is 21.3 Å². The molecule has 0 spiro atoms. The highest BCUT2D eigenvalue weighted by atomic mass is 35.5. The number of urea groups is 1. The Bertz CT molecular complexity index is 582. The number of piperazine rings is 1. The van der Waals surface area contributed by atoms with Gasteiger partial charge in [0, 0.05) is 45.6 Å². The van der Waals surface area contributed by atoms with Gasteiger partial charge in [0.1, 0.15) is 0 Å². The average molecular weight is 358 g/mol. The second-order valence-corrected chi connectivity index (χ2v) is 6.95. The lowest BCUT2D eigenvalue weighted by Gasteiger charge is -2.34. The third kappa shape index (κ3) is 4.94. The highest BCUT2D eigenvalue weighted by Crippen LogP contribution is 2.23. The second kappa shape index (κ2) is 8.31. The Labute approximate surface area is 144 Å². The van der Waals surface area contributed by atoms with Gasteiger partial charge in [0.2, 0.25) is 5.91 Å². The largest absolute Gasteiger partial charge is 0.339 e. The van der Waals surface area contributed by atoms with Gasteiger partial charge in [-0.3, -0.25) is 9.59 Å². The highest BCUT2D eigenvalue weighted by Gasteiger charge is 2.24. The first-order chi connectivity index (χ1) is 11.0. The van der Waals surface area contributed by atoms with Crippen molar-refractivity contribution >= 4 is 40.7 Å². The Morgan fingerprint density at radius 1 is 1.13 bits per heavy atom. The fourth-order valence-electron chi connectivity index (χ4n) is 2.39. The van der Waals surface area contributed by atoms with E-state index in [1.165, 1.54) is 11.3 Å². The molecule has 23 heavy (non-hydrogen) atoms. The van der Waals surface area contributed by atoms with Crippen LogP contribution in [-0.4, -0.2) is 60.2 Å². The van der Waals surface area contributed by atoms with E-state index in [-0.39, 0.29) is 30.6 Å². The average Bonchev–Trinajstić information content (AvgIpc) is 2.99. The van der Waals surface area contributed by atoms with Crippen LogP contribution in [-0.2, 0) is 4.79 Å². The lowest BCUT2D eigenvalue weighted by atomic mass is 10.1. The maximum atomic E-state index is 12.2. The van der Waals surface area contributed by atoms with Crippen LogP contribution in [0.2, 0.25) is 4.34 Å². The molecular weight excluding hydrogens is 338 g/mol. The first-order valence-corrected chi connectivity index (χ1v) is 8.79. The van der Waals surface area contributed by atoms with E-state index in [1.807, 2.05) is 6.92 Å². The number of amides is 3. The third-order valence-electron chi connectivity index (χ3n) is 3.66. The summed E-state index contributed by atoms with van der Waals surface area (Å²) in [7, 11) is 0. The molecule has 1 aromatic heterocycles. The smallest absolute Gasteiger partial charge is 0.317 e. The summed E-state index contributed by atoms with van der Waals surface area (Å²) in [6.45, 7) is 4.52. The van der Waals surface area contributed by atoms with Gasteiger partial charge in [-0.1, -0.05) is 11.6 Å². The van der Waals surface area contributed by atoms with E-state index in [4.69, 9.17) is 11.6 Å². The molecule has 126 valence electrons. The van der Waals surface area contributed by atoms with Crippen LogP contribution in [0.25, 0.3) is 0 Å². The number of ketones is 1. The zero-order chi connectivity index (χ0) is 16.8. The number of nitrogens with one attached hydrogen (secondary N) is 1. The normalized spacial score (nSPS) is 14.7. The molecule has 2 rings (SSSR count). The minimum Gasteiger partial charge on any atom is -0.339 e. The van der Waals surface area contributed by atoms with E-state index in [0.717, 1.165) is 0 Å². The quantitative estimate of drug-likeness (QED) is 0.821. The molecule has 6 nitrogen and oxygen atoms in total. The second-order valence-electron chi connectivity index (χ2n) is 5.23. The molecule has 8 heteroatoms. The summed E-state index contributed by atoms with van der Waals surface area (Å²) >= 11 is 7.04. The maximum absolute atomic E-state index is 12.2. The molecule has 1 N–H and O–H groups in total. The first kappa shape index (κ1) is 17.7. The SMILES string of the molecule is CCNC(=O)N1CCN(C(=O)CCC(=O)c2ccc(Cl)s2)CC1. The van der Waals surface area contributed by atoms with Gasteiger partial charge < -0.3 is 15.1 Å². The van der Waals surface area contributed by atoms with Gasteiger partial charge in [0.05, 0.1) is 9.21 Å². The summed E-state index contributed by atoms with van der Waals surface area (Å²) in [5, 5.41) is 2.75. The summed E-state index contributed by atoms with van der Waals surface area (Å²) in [5.41, 5.74) is 0. The van der Waals surface area contributed by atoms with Crippen molar-refractivity contribution in [1.82, 2.24) is 15.1 Å². The van der Waals surface area contributed by atoms with Crippen LogP contribution in [0.15, 0.2) is 12.1 Å². The van der Waals surface area contributed by atoms with Crippen molar-refractivity contribution < 1.29 is 14.4 Å². The van der Waals surface area contributed by atoms with Crippen molar-refractivity contribution in [2.75, 3.05) is 32.7 Å². The summed E-state index contributed by atoms with van der Waals surface area (Å²) in [4.78, 5) is 39.9. The fraction of sp³-hybridized carbons (Fsp3) is 0.533. The van der Waals surface area contributed by atoms with E-state index in [2.05, 4.69) is 5.32 Å². The molecule has 0 atom stereocenters. The summed E-state index contributed by atoms with van der Waals surface area (Å²) in [6, 6.07) is 3.27. The summed E-state index contributed by atoms with van der Waals surface area (Å²) in [6.07, 6.45) is 0.377. The molecule has 2 heterocycles. The van der Waals surface area contributed by atoms with E-state index in [1.54, 1.807) is 21.9 Å². The molecule has 0 unspecified atom stereocenters. The molecule has 0 aromatic carbocycles. The number of hydrogen-bond donors (Lipinski definition) is 1. The number of halogens is 1. The van der Waals surface area contributed by atoms with Crippen LogP contribution in [0.4, 0.5) is 4.79 Å². The molecule has 1 aromatic rings. The molecule has 0 aliphatic carbocycles. The van der Waals surface area contributed by atoms with Crippen molar-refractivity contribution in [2.45, 2.75) is 19.8 Å². The number of hydrogen-bond acceptors (Lipinski definition) is 4. The number of carbonyl (C=O) groups excluding carboxylic acids is 3. The van der Waals surface area contributed by atoms with Crippen molar-refractivity contribution in [3.8, 4) is 0 Å². The Hall–Kier alpha value is -1.60. The standard InChI is InChI=1S/C15H20ClN3O3S/c1-2-17-15(22)19-9-7-18(8-10-19)14(21)6-3-11(20)12-4-5-13(16)23-12/h4-5H,2-3,6-10H2,1H3,(H,17,22). The van der Waals surface area contributed by atoms with Gasteiger partial charge in [-0.2, -0.15) is 0 Å². The van der Waals surface area contributed by atoms with Gasteiger partial charge in [0.15, 0.2) is 5.78 Å². The molecule has 1 aliphatic heterocycles. The first-order valence-electron chi connectivity index (χ1n) is 7.60. The Morgan fingerprint density at radius 2 is 1.78 bits per heavy atom. The number of thiophene rings is 1. The molecule has 0 saturated carbocycles. The van der Waals surface area contributed by atoms with Crippen molar-refractivity contribution in [3.63, 3.8) is 0 Å². The zero-order valence-corrected chi connectivity index (χ0v) is 14.6. The fourth-order valence-corrected chi connectivity index (χ4v) is 3.40. The van der Waals surface area contributed by atoms with Crippen molar-refractivity contribution in [1.29, 1.82) is 0 Å². The predicted molar refractivity (Wildman–Crippen MR) is 90.1 cm³/mol.